The zero-order chi connectivity index (χ0) is 14.0. The van der Waals surface area contributed by atoms with Crippen LogP contribution in [0.2, 0.25) is 0 Å². The van der Waals surface area contributed by atoms with Gasteiger partial charge in [0.15, 0.2) is 5.69 Å². The summed E-state index contributed by atoms with van der Waals surface area (Å²) in [6.45, 7) is 2.66. The van der Waals surface area contributed by atoms with Gasteiger partial charge in [0.25, 0.3) is 5.91 Å². The van der Waals surface area contributed by atoms with Crippen LogP contribution in [0.15, 0.2) is 12.1 Å². The van der Waals surface area contributed by atoms with Crippen LogP contribution in [0.4, 0.5) is 5.82 Å². The van der Waals surface area contributed by atoms with Crippen LogP contribution in [0.5, 0.6) is 0 Å². The number of rotatable bonds is 5. The van der Waals surface area contributed by atoms with E-state index in [4.69, 9.17) is 5.73 Å². The first kappa shape index (κ1) is 13.7. The lowest BCUT2D eigenvalue weighted by Crippen LogP contribution is -2.45. The molecule has 1 fully saturated rings. The van der Waals surface area contributed by atoms with Gasteiger partial charge in [-0.2, -0.15) is 0 Å². The van der Waals surface area contributed by atoms with Crippen LogP contribution in [-0.4, -0.2) is 47.2 Å². The maximum atomic E-state index is 11.7. The molecular weight excluding hydrogens is 242 g/mol. The minimum atomic E-state index is -0.150. The molecule has 6 heteroatoms. The Balaban J connectivity index is 2.08. The molecule has 0 radical (unpaired) electrons. The van der Waals surface area contributed by atoms with E-state index in [0.717, 1.165) is 0 Å². The topological polar surface area (TPSA) is 84.1 Å². The molecule has 19 heavy (non-hydrogen) atoms. The maximum Gasteiger partial charge on any atom is 0.273 e. The van der Waals surface area contributed by atoms with Crippen LogP contribution in [0.1, 0.15) is 30.3 Å². The maximum absolute atomic E-state index is 11.7. The molecule has 1 unspecified atom stereocenters. The van der Waals surface area contributed by atoms with E-state index in [2.05, 4.69) is 22.4 Å². The third-order valence-corrected chi connectivity index (χ3v) is 3.61. The number of nitrogens with one attached hydrogen (secondary N) is 1. The zero-order valence-corrected chi connectivity index (χ0v) is 11.7. The summed E-state index contributed by atoms with van der Waals surface area (Å²) >= 11 is 0. The predicted molar refractivity (Wildman–Crippen MR) is 73.9 cm³/mol. The van der Waals surface area contributed by atoms with Crippen molar-refractivity contribution in [3.05, 3.63) is 17.8 Å². The monoisotopic (exact) mass is 263 g/mol. The Kier molecular flexibility index (Phi) is 3.71. The van der Waals surface area contributed by atoms with Crippen molar-refractivity contribution >= 4 is 11.7 Å². The SMILES string of the molecule is CN(C)C(=O)c1ccc(NC(C)(CN)C2CC2)nn1. The molecule has 0 aromatic carbocycles. The Bertz CT molecular complexity index is 455. The Morgan fingerprint density at radius 3 is 2.58 bits per heavy atom. The van der Waals surface area contributed by atoms with Crippen molar-refractivity contribution in [3.8, 4) is 0 Å². The van der Waals surface area contributed by atoms with Gasteiger partial charge in [-0.25, -0.2) is 0 Å². The van der Waals surface area contributed by atoms with Crippen LogP contribution < -0.4 is 11.1 Å². The van der Waals surface area contributed by atoms with Crippen molar-refractivity contribution in [3.63, 3.8) is 0 Å². The highest BCUT2D eigenvalue weighted by Gasteiger charge is 2.40. The molecule has 1 amide bonds. The van der Waals surface area contributed by atoms with Crippen LogP contribution >= 0.6 is 0 Å². The molecular formula is C13H21N5O. The molecule has 1 saturated carbocycles. The van der Waals surface area contributed by atoms with Crippen LogP contribution in [-0.2, 0) is 0 Å². The van der Waals surface area contributed by atoms with Gasteiger partial charge in [0.1, 0.15) is 5.82 Å². The van der Waals surface area contributed by atoms with E-state index in [9.17, 15) is 4.79 Å². The van der Waals surface area contributed by atoms with Gasteiger partial charge < -0.3 is 16.0 Å². The number of aromatic nitrogens is 2. The van der Waals surface area contributed by atoms with Crippen molar-refractivity contribution in [2.75, 3.05) is 26.0 Å². The van der Waals surface area contributed by atoms with Gasteiger partial charge in [-0.3, -0.25) is 4.79 Å². The summed E-state index contributed by atoms with van der Waals surface area (Å²) in [6.07, 6.45) is 2.40. The van der Waals surface area contributed by atoms with E-state index >= 15 is 0 Å². The number of nitrogens with two attached hydrogens (primary N) is 1. The molecule has 1 aliphatic rings. The molecule has 0 bridgehead atoms. The number of carbonyl (C=O) groups is 1. The normalized spacial score (nSPS) is 17.7. The van der Waals surface area contributed by atoms with Crippen molar-refractivity contribution in [1.82, 2.24) is 15.1 Å². The predicted octanol–water partition coefficient (Wildman–Crippen LogP) is 0.718. The first-order chi connectivity index (χ1) is 8.96. The van der Waals surface area contributed by atoms with Gasteiger partial charge in [0, 0.05) is 20.6 Å². The summed E-state index contributed by atoms with van der Waals surface area (Å²) in [5, 5.41) is 11.4. The summed E-state index contributed by atoms with van der Waals surface area (Å²) in [5.74, 6) is 1.11. The molecule has 6 nitrogen and oxygen atoms in total. The summed E-state index contributed by atoms with van der Waals surface area (Å²) in [6, 6.07) is 3.46. The molecule has 1 aromatic rings. The second-order valence-electron chi connectivity index (χ2n) is 5.52. The number of hydrogen-bond donors (Lipinski definition) is 2. The minimum Gasteiger partial charge on any atom is -0.362 e. The summed E-state index contributed by atoms with van der Waals surface area (Å²) in [5.41, 5.74) is 6.05. The molecule has 104 valence electrons. The van der Waals surface area contributed by atoms with Gasteiger partial charge in [-0.1, -0.05) is 0 Å². The highest BCUT2D eigenvalue weighted by Crippen LogP contribution is 2.40. The summed E-state index contributed by atoms with van der Waals surface area (Å²) in [7, 11) is 3.38. The fourth-order valence-electron chi connectivity index (χ4n) is 2.07. The molecule has 0 saturated heterocycles. The molecule has 2 rings (SSSR count). The van der Waals surface area contributed by atoms with Crippen molar-refractivity contribution in [1.29, 1.82) is 0 Å². The second-order valence-corrected chi connectivity index (χ2v) is 5.52. The van der Waals surface area contributed by atoms with E-state index in [0.29, 0.717) is 24.0 Å². The minimum absolute atomic E-state index is 0.137. The Morgan fingerprint density at radius 2 is 2.16 bits per heavy atom. The van der Waals surface area contributed by atoms with Gasteiger partial charge in [-0.05, 0) is 37.8 Å². The summed E-state index contributed by atoms with van der Waals surface area (Å²) < 4.78 is 0. The molecule has 0 spiro atoms. The van der Waals surface area contributed by atoms with E-state index < -0.39 is 0 Å². The zero-order valence-electron chi connectivity index (χ0n) is 11.7. The first-order valence-electron chi connectivity index (χ1n) is 6.50. The number of carbonyl (C=O) groups excluding carboxylic acids is 1. The fraction of sp³-hybridized carbons (Fsp3) is 0.615. The van der Waals surface area contributed by atoms with Crippen LogP contribution in [0.3, 0.4) is 0 Å². The van der Waals surface area contributed by atoms with Gasteiger partial charge >= 0.3 is 0 Å². The second kappa shape index (κ2) is 5.13. The van der Waals surface area contributed by atoms with Crippen molar-refractivity contribution in [2.45, 2.75) is 25.3 Å². The summed E-state index contributed by atoms with van der Waals surface area (Å²) in [4.78, 5) is 13.2. The third kappa shape index (κ3) is 3.01. The molecule has 1 aliphatic carbocycles. The molecule has 1 aromatic heterocycles. The Labute approximate surface area is 113 Å². The standard InChI is InChI=1S/C13H21N5O/c1-13(8-14,9-4-5-9)15-11-7-6-10(16-17-11)12(19)18(2)3/h6-7,9H,4-5,8,14H2,1-3H3,(H,15,17). The lowest BCUT2D eigenvalue weighted by molar-refractivity contribution is 0.0821. The number of hydrogen-bond acceptors (Lipinski definition) is 5. The molecule has 1 heterocycles. The molecule has 3 N–H and O–H groups in total. The van der Waals surface area contributed by atoms with Crippen molar-refractivity contribution in [2.24, 2.45) is 11.7 Å². The number of nitrogens with zero attached hydrogens (tertiary/aromatic N) is 3. The largest absolute Gasteiger partial charge is 0.362 e. The lowest BCUT2D eigenvalue weighted by Gasteiger charge is -2.29. The first-order valence-corrected chi connectivity index (χ1v) is 6.50. The number of anilines is 1. The quantitative estimate of drug-likeness (QED) is 0.817. The lowest BCUT2D eigenvalue weighted by atomic mass is 9.96. The van der Waals surface area contributed by atoms with E-state index in [1.54, 1.807) is 26.2 Å². The third-order valence-electron chi connectivity index (χ3n) is 3.61. The van der Waals surface area contributed by atoms with Gasteiger partial charge in [-0.15, -0.1) is 10.2 Å². The Hall–Kier alpha value is -1.69. The molecule has 0 aliphatic heterocycles. The smallest absolute Gasteiger partial charge is 0.273 e. The van der Waals surface area contributed by atoms with Crippen LogP contribution in [0.25, 0.3) is 0 Å². The van der Waals surface area contributed by atoms with Gasteiger partial charge in [0.2, 0.25) is 0 Å². The van der Waals surface area contributed by atoms with Crippen molar-refractivity contribution < 1.29 is 4.79 Å². The van der Waals surface area contributed by atoms with Gasteiger partial charge in [0.05, 0.1) is 5.54 Å². The van der Waals surface area contributed by atoms with E-state index in [1.807, 2.05) is 0 Å². The highest BCUT2D eigenvalue weighted by atomic mass is 16.2. The van der Waals surface area contributed by atoms with E-state index in [-0.39, 0.29) is 11.4 Å². The van der Waals surface area contributed by atoms with Crippen LogP contribution in [0, 0.1) is 5.92 Å². The average Bonchev–Trinajstić information content (AvgIpc) is 3.23. The highest BCUT2D eigenvalue weighted by molar-refractivity contribution is 5.91. The average molecular weight is 263 g/mol. The van der Waals surface area contributed by atoms with E-state index in [1.165, 1.54) is 17.7 Å². The Morgan fingerprint density at radius 1 is 1.47 bits per heavy atom. The number of amides is 1. The molecule has 1 atom stereocenters. The fourth-order valence-corrected chi connectivity index (χ4v) is 2.07.